The van der Waals surface area contributed by atoms with Gasteiger partial charge in [-0.1, -0.05) is 24.3 Å². The Hall–Kier alpha value is -2.36. The lowest BCUT2D eigenvalue weighted by atomic mass is 10.1. The Bertz CT molecular complexity index is 738. The van der Waals surface area contributed by atoms with E-state index in [0.717, 1.165) is 18.0 Å². The first-order valence-corrected chi connectivity index (χ1v) is 7.01. The van der Waals surface area contributed by atoms with E-state index < -0.39 is 0 Å². The van der Waals surface area contributed by atoms with Gasteiger partial charge in [0.25, 0.3) is 0 Å². The van der Waals surface area contributed by atoms with Crippen molar-refractivity contribution in [3.63, 3.8) is 0 Å². The second-order valence-electron chi connectivity index (χ2n) is 5.24. The zero-order valence-electron chi connectivity index (χ0n) is 11.2. The minimum absolute atomic E-state index is 0.644. The predicted octanol–water partition coefficient (Wildman–Crippen LogP) is 3.38. The topological polar surface area (TPSA) is 42.7 Å². The summed E-state index contributed by atoms with van der Waals surface area (Å²) in [4.78, 5) is 8.89. The van der Waals surface area contributed by atoms with Gasteiger partial charge in [0, 0.05) is 36.6 Å². The fourth-order valence-corrected chi connectivity index (χ4v) is 2.58. The first-order chi connectivity index (χ1) is 9.92. The summed E-state index contributed by atoms with van der Waals surface area (Å²) in [5, 5.41) is 4.61. The molecule has 1 aliphatic carbocycles. The summed E-state index contributed by atoms with van der Waals surface area (Å²) < 4.78 is 2.23. The molecule has 2 aromatic heterocycles. The van der Waals surface area contributed by atoms with E-state index in [1.54, 1.807) is 0 Å². The molecule has 4 nitrogen and oxygen atoms in total. The number of anilines is 1. The molecule has 1 aromatic carbocycles. The first kappa shape index (κ1) is 11.5. The zero-order chi connectivity index (χ0) is 13.4. The van der Waals surface area contributed by atoms with E-state index >= 15 is 0 Å². The first-order valence-electron chi connectivity index (χ1n) is 7.01. The lowest BCUT2D eigenvalue weighted by molar-refractivity contribution is 0.743. The smallest absolute Gasteiger partial charge is 0.203 e. The Labute approximate surface area is 117 Å². The standard InChI is InChI=1S/C16H16N4/c1-3-12-5-2-8-17-15(12)13(4-1)11-19-16-18-9-10-20(16)14-6-7-14/h1-5,8-10,14H,6-7,11H2,(H,18,19). The largest absolute Gasteiger partial charge is 0.351 e. The molecule has 0 unspecified atom stereocenters. The molecular formula is C16H16N4. The summed E-state index contributed by atoms with van der Waals surface area (Å²) >= 11 is 0. The Morgan fingerprint density at radius 3 is 2.90 bits per heavy atom. The molecule has 2 heterocycles. The molecule has 0 amide bonds. The van der Waals surface area contributed by atoms with Crippen LogP contribution in [0.5, 0.6) is 0 Å². The maximum absolute atomic E-state index is 4.48. The quantitative estimate of drug-likeness (QED) is 0.785. The number of nitrogens with zero attached hydrogens (tertiary/aromatic N) is 3. The van der Waals surface area contributed by atoms with Crippen molar-refractivity contribution in [2.24, 2.45) is 0 Å². The third kappa shape index (κ3) is 2.03. The van der Waals surface area contributed by atoms with Gasteiger partial charge in [0.05, 0.1) is 5.52 Å². The van der Waals surface area contributed by atoms with Crippen molar-refractivity contribution in [2.45, 2.75) is 25.4 Å². The SMILES string of the molecule is c1cnc2c(CNc3nccn3C3CC3)cccc2c1. The van der Waals surface area contributed by atoms with Crippen LogP contribution >= 0.6 is 0 Å². The zero-order valence-corrected chi connectivity index (χ0v) is 11.2. The summed E-state index contributed by atoms with van der Waals surface area (Å²) in [6.07, 6.45) is 8.29. The van der Waals surface area contributed by atoms with E-state index in [-0.39, 0.29) is 0 Å². The molecule has 0 aliphatic heterocycles. The van der Waals surface area contributed by atoms with Gasteiger partial charge < -0.3 is 9.88 Å². The Balaban J connectivity index is 1.60. The number of hydrogen-bond donors (Lipinski definition) is 1. The summed E-state index contributed by atoms with van der Waals surface area (Å²) in [5.74, 6) is 0.959. The monoisotopic (exact) mass is 264 g/mol. The Kier molecular flexibility index (Phi) is 2.66. The van der Waals surface area contributed by atoms with Gasteiger partial charge in [-0.15, -0.1) is 0 Å². The molecule has 100 valence electrons. The predicted molar refractivity (Wildman–Crippen MR) is 79.6 cm³/mol. The van der Waals surface area contributed by atoms with Gasteiger partial charge in [-0.2, -0.15) is 0 Å². The van der Waals surface area contributed by atoms with Crippen LogP contribution in [0.4, 0.5) is 5.95 Å². The third-order valence-corrected chi connectivity index (χ3v) is 3.76. The van der Waals surface area contributed by atoms with E-state index in [4.69, 9.17) is 0 Å². The number of rotatable bonds is 4. The van der Waals surface area contributed by atoms with Crippen molar-refractivity contribution < 1.29 is 0 Å². The Morgan fingerprint density at radius 1 is 1.10 bits per heavy atom. The van der Waals surface area contributed by atoms with E-state index in [0.29, 0.717) is 6.04 Å². The molecule has 4 rings (SSSR count). The van der Waals surface area contributed by atoms with Gasteiger partial charge in [-0.05, 0) is 24.5 Å². The van der Waals surface area contributed by atoms with E-state index in [1.165, 1.54) is 23.8 Å². The van der Waals surface area contributed by atoms with Gasteiger partial charge in [0.1, 0.15) is 0 Å². The number of nitrogens with one attached hydrogen (secondary N) is 1. The summed E-state index contributed by atoms with van der Waals surface area (Å²) in [6.45, 7) is 0.748. The molecule has 1 N–H and O–H groups in total. The molecule has 3 aromatic rings. The number of pyridine rings is 1. The van der Waals surface area contributed by atoms with E-state index in [2.05, 4.69) is 50.3 Å². The normalized spacial score (nSPS) is 14.6. The third-order valence-electron chi connectivity index (χ3n) is 3.76. The fourth-order valence-electron chi connectivity index (χ4n) is 2.58. The molecule has 1 aliphatic rings. The number of benzene rings is 1. The maximum Gasteiger partial charge on any atom is 0.203 e. The van der Waals surface area contributed by atoms with Crippen molar-refractivity contribution >= 4 is 16.9 Å². The fraction of sp³-hybridized carbons (Fsp3) is 0.250. The molecule has 1 fully saturated rings. The summed E-state index contributed by atoms with van der Waals surface area (Å²) in [5.41, 5.74) is 2.26. The van der Waals surface area contributed by atoms with Gasteiger partial charge in [0.2, 0.25) is 5.95 Å². The van der Waals surface area contributed by atoms with Crippen LogP contribution in [-0.4, -0.2) is 14.5 Å². The van der Waals surface area contributed by atoms with Crippen molar-refractivity contribution in [1.29, 1.82) is 0 Å². The lowest BCUT2D eigenvalue weighted by Gasteiger charge is -2.10. The Morgan fingerprint density at radius 2 is 2.00 bits per heavy atom. The molecule has 0 atom stereocenters. The number of para-hydroxylation sites is 1. The van der Waals surface area contributed by atoms with E-state index in [1.807, 2.05) is 18.5 Å². The molecule has 20 heavy (non-hydrogen) atoms. The number of hydrogen-bond acceptors (Lipinski definition) is 3. The van der Waals surface area contributed by atoms with Crippen LogP contribution in [-0.2, 0) is 6.54 Å². The highest BCUT2D eigenvalue weighted by Crippen LogP contribution is 2.36. The minimum atomic E-state index is 0.644. The molecule has 0 spiro atoms. The highest BCUT2D eigenvalue weighted by molar-refractivity contribution is 5.81. The van der Waals surface area contributed by atoms with Crippen molar-refractivity contribution in [3.8, 4) is 0 Å². The maximum atomic E-state index is 4.48. The van der Waals surface area contributed by atoms with Gasteiger partial charge in [-0.25, -0.2) is 4.98 Å². The molecule has 0 saturated heterocycles. The van der Waals surface area contributed by atoms with Crippen LogP contribution in [0.1, 0.15) is 24.4 Å². The van der Waals surface area contributed by atoms with Gasteiger partial charge in [-0.3, -0.25) is 4.98 Å². The summed E-state index contributed by atoms with van der Waals surface area (Å²) in [6, 6.07) is 11.0. The molecule has 4 heteroatoms. The second-order valence-corrected chi connectivity index (χ2v) is 5.24. The van der Waals surface area contributed by atoms with Crippen LogP contribution in [0, 0.1) is 0 Å². The van der Waals surface area contributed by atoms with Crippen molar-refractivity contribution in [2.75, 3.05) is 5.32 Å². The molecule has 0 bridgehead atoms. The molecular weight excluding hydrogens is 248 g/mol. The number of fused-ring (bicyclic) bond motifs is 1. The number of imidazole rings is 1. The van der Waals surface area contributed by atoms with E-state index in [9.17, 15) is 0 Å². The molecule has 0 radical (unpaired) electrons. The average Bonchev–Trinajstić information content (AvgIpc) is 3.24. The van der Waals surface area contributed by atoms with Gasteiger partial charge >= 0.3 is 0 Å². The highest BCUT2D eigenvalue weighted by Gasteiger charge is 2.25. The second kappa shape index (κ2) is 4.63. The van der Waals surface area contributed by atoms with Crippen LogP contribution in [0.15, 0.2) is 48.9 Å². The lowest BCUT2D eigenvalue weighted by Crippen LogP contribution is -2.07. The minimum Gasteiger partial charge on any atom is -0.351 e. The molecule has 1 saturated carbocycles. The van der Waals surface area contributed by atoms with Gasteiger partial charge in [0.15, 0.2) is 0 Å². The van der Waals surface area contributed by atoms with Crippen LogP contribution in [0.3, 0.4) is 0 Å². The van der Waals surface area contributed by atoms with Crippen molar-refractivity contribution in [1.82, 2.24) is 14.5 Å². The van der Waals surface area contributed by atoms with Crippen LogP contribution in [0.25, 0.3) is 10.9 Å². The highest BCUT2D eigenvalue weighted by atomic mass is 15.2. The average molecular weight is 264 g/mol. The summed E-state index contributed by atoms with van der Waals surface area (Å²) in [7, 11) is 0. The van der Waals surface area contributed by atoms with Crippen LogP contribution < -0.4 is 5.32 Å². The van der Waals surface area contributed by atoms with Crippen LogP contribution in [0.2, 0.25) is 0 Å². The number of aromatic nitrogens is 3. The van der Waals surface area contributed by atoms with Crippen molar-refractivity contribution in [3.05, 3.63) is 54.5 Å².